The molecule has 7 aromatic rings. The first-order chi connectivity index (χ1) is 48.8. The quantitative estimate of drug-likeness (QED) is 0.0234. The number of amides is 5. The largest absolute Gasteiger partial charge is 0.344 e. The lowest BCUT2D eigenvalue weighted by molar-refractivity contribution is -0.143. The van der Waals surface area contributed by atoms with Gasteiger partial charge in [-0.05, 0) is 188 Å². The molecule has 4 aliphatic heterocycles. The number of carbonyl (C=O) groups is 6. The Bertz CT molecular complexity index is 3500. The third kappa shape index (κ3) is 19.0. The van der Waals surface area contributed by atoms with Crippen molar-refractivity contribution < 1.29 is 28.8 Å². The molecule has 11 rings (SSSR count). The van der Waals surface area contributed by atoms with Crippen LogP contribution in [0, 0.1) is 17.8 Å². The molecule has 0 aliphatic carbocycles. The van der Waals surface area contributed by atoms with E-state index in [1.807, 2.05) is 125 Å². The maximum atomic E-state index is 14.9. The molecule has 19 heteroatoms. The summed E-state index contributed by atoms with van der Waals surface area (Å²) >= 11 is 0. The van der Waals surface area contributed by atoms with E-state index in [0.29, 0.717) is 64.0 Å². The number of fused-ring (bicyclic) bond motifs is 2. The fraction of sp³-hybridized carbons (Fsp3) is 0.506. The molecule has 19 nitrogen and oxygen atoms in total. The summed E-state index contributed by atoms with van der Waals surface area (Å²) in [7, 11) is 1.73. The topological polar surface area (TPSA) is 230 Å². The molecule has 0 radical (unpaired) electrons. The van der Waals surface area contributed by atoms with Gasteiger partial charge in [-0.2, -0.15) is 0 Å². The van der Waals surface area contributed by atoms with E-state index in [-0.39, 0.29) is 77.5 Å². The van der Waals surface area contributed by atoms with Crippen LogP contribution in [0.3, 0.4) is 0 Å². The molecule has 5 amide bonds. The molecular weight excluding hydrogens is 1250 g/mol. The van der Waals surface area contributed by atoms with Gasteiger partial charge in [0.2, 0.25) is 29.5 Å². The van der Waals surface area contributed by atoms with Crippen molar-refractivity contribution >= 4 is 35.3 Å². The second-order valence-corrected chi connectivity index (χ2v) is 28.7. The van der Waals surface area contributed by atoms with Crippen LogP contribution in [0.2, 0.25) is 0 Å². The van der Waals surface area contributed by atoms with Gasteiger partial charge in [0, 0.05) is 56.2 Å². The average Bonchev–Trinajstić information content (AvgIpc) is 1.63. The molecule has 6 heterocycles. The lowest BCUT2D eigenvalue weighted by Gasteiger charge is -2.33. The molecule has 4 saturated heterocycles. The highest BCUT2D eigenvalue weighted by molar-refractivity contribution is 5.95. The summed E-state index contributed by atoms with van der Waals surface area (Å²) < 4.78 is 3.75. The van der Waals surface area contributed by atoms with Crippen molar-refractivity contribution in [2.75, 3.05) is 13.6 Å². The highest BCUT2D eigenvalue weighted by atomic mass is 16.2. The van der Waals surface area contributed by atoms with Crippen LogP contribution in [0.4, 0.5) is 0 Å². The van der Waals surface area contributed by atoms with Crippen LogP contribution in [-0.4, -0.2) is 131 Å². The summed E-state index contributed by atoms with van der Waals surface area (Å²) in [6, 6.07) is 45.6. The number of aromatic nitrogens is 6. The van der Waals surface area contributed by atoms with Crippen LogP contribution in [0.1, 0.15) is 193 Å². The number of hydrogen-bond donors (Lipinski definition) is 5. The number of benzene rings is 5. The molecule has 4 aliphatic rings. The van der Waals surface area contributed by atoms with Crippen LogP contribution < -0.4 is 26.6 Å². The number of hydrogen-bond acceptors (Lipinski definition) is 12. The van der Waals surface area contributed by atoms with Gasteiger partial charge >= 0.3 is 0 Å². The molecule has 2 aromatic heterocycles. The number of unbranched alkanes of at least 4 members (excludes halogenated alkanes) is 3. The maximum absolute atomic E-state index is 14.9. The molecule has 530 valence electrons. The van der Waals surface area contributed by atoms with E-state index in [9.17, 15) is 28.8 Å². The SMILES string of the molecule is CC[C@@H](C)C(=O)N[C@@H]1C(=O)N2[C@@H](CC[C@@H]1CCCCc1ccccc1)CC[C@H]2C(=O)C[C@@H](c1ccccc1)c1cn(CCCCc2ccc(CCCCn3cc([C@@H](NC(=O)[C@@H]4CC[C@@H]5CC[C@H](CCNCc6ccccc6)[C@H](NC(=O)[C@H](C)NC)C(=O)N54)c4ccccc4)nn3)cc2)nn1. The number of nitrogens with one attached hydrogen (secondary N) is 5. The van der Waals surface area contributed by atoms with Crippen molar-refractivity contribution in [1.82, 2.24) is 66.4 Å². The van der Waals surface area contributed by atoms with Gasteiger partial charge in [0.1, 0.15) is 23.8 Å². The lowest BCUT2D eigenvalue weighted by Crippen LogP contribution is -2.58. The Morgan fingerprint density at radius 2 is 1.00 bits per heavy atom. The van der Waals surface area contributed by atoms with Crippen molar-refractivity contribution in [3.8, 4) is 0 Å². The summed E-state index contributed by atoms with van der Waals surface area (Å²) in [4.78, 5) is 89.8. The highest BCUT2D eigenvalue weighted by Gasteiger charge is 2.50. The molecule has 0 saturated carbocycles. The minimum atomic E-state index is -0.759. The Kier molecular flexibility index (Phi) is 26.2. The van der Waals surface area contributed by atoms with Gasteiger partial charge in [-0.25, -0.2) is 0 Å². The average molecular weight is 1360 g/mol. The van der Waals surface area contributed by atoms with E-state index in [2.05, 4.69) is 108 Å². The summed E-state index contributed by atoms with van der Waals surface area (Å²) in [6.07, 6.45) is 20.7. The summed E-state index contributed by atoms with van der Waals surface area (Å²) in [5, 5.41) is 34.6. The van der Waals surface area contributed by atoms with Crippen molar-refractivity contribution in [1.29, 1.82) is 0 Å². The van der Waals surface area contributed by atoms with Gasteiger partial charge in [-0.1, -0.05) is 176 Å². The van der Waals surface area contributed by atoms with E-state index < -0.39 is 36.3 Å². The number of likely N-dealkylation sites (N-methyl/N-ethyl adjacent to an activating group) is 1. The molecular formula is C81H105N13O6. The zero-order chi connectivity index (χ0) is 69.7. The van der Waals surface area contributed by atoms with E-state index >= 15 is 0 Å². The monoisotopic (exact) mass is 1360 g/mol. The van der Waals surface area contributed by atoms with E-state index in [0.717, 1.165) is 113 Å². The smallest absolute Gasteiger partial charge is 0.246 e. The highest BCUT2D eigenvalue weighted by Crippen LogP contribution is 2.40. The second kappa shape index (κ2) is 36.1. The first-order valence-corrected chi connectivity index (χ1v) is 37.3. The van der Waals surface area contributed by atoms with Gasteiger partial charge in [-0.3, -0.25) is 38.1 Å². The van der Waals surface area contributed by atoms with Crippen molar-refractivity contribution in [2.24, 2.45) is 17.8 Å². The Morgan fingerprint density at radius 1 is 0.520 bits per heavy atom. The predicted octanol–water partition coefficient (Wildman–Crippen LogP) is 11.0. The third-order valence-corrected chi connectivity index (χ3v) is 21.9. The molecule has 5 aromatic carbocycles. The number of ketones is 1. The van der Waals surface area contributed by atoms with Crippen LogP contribution >= 0.6 is 0 Å². The molecule has 100 heavy (non-hydrogen) atoms. The number of nitrogens with zero attached hydrogens (tertiary/aromatic N) is 8. The maximum Gasteiger partial charge on any atom is 0.246 e. The van der Waals surface area contributed by atoms with Crippen molar-refractivity contribution in [3.05, 3.63) is 203 Å². The van der Waals surface area contributed by atoms with Gasteiger partial charge in [0.05, 0.1) is 30.0 Å². The van der Waals surface area contributed by atoms with Gasteiger partial charge < -0.3 is 36.4 Å². The Balaban J connectivity index is 0.642. The fourth-order valence-electron chi connectivity index (χ4n) is 15.7. The normalized spacial score (nSPS) is 21.8. The standard InChI is InChI=1S/C81H105N13O6/c1-5-56(2)77(96)85-75-64(35-19-18-26-58-24-10-6-11-25-58)40-42-66-44-46-71(93(66)80(75)99)73(95)52-68(62-31-14-8-15-32-62)69-54-91(89-87-69)50-22-20-27-59-36-38-60(39-37-59)28-21-23-51-92-55-70(88-90-92)74(63-33-16-9-17-34-63)84-79(98)72-47-45-67-43-41-65(48-49-83-53-61-29-12-7-13-30-61)76(81(100)94(67)72)86-78(97)57(3)82-4/h6-17,24-25,29-34,36-39,54-57,64-68,71-72,74-76,82-83H,5,18-23,26-28,35,40-53H2,1-4H3,(H,84,98)(H,85,96)(H,86,97)/t56-,57+,64+,65-,66+,67+,68+,71+,72+,74+,75+,76+/m1/s1. The lowest BCUT2D eigenvalue weighted by atomic mass is 9.87. The van der Waals surface area contributed by atoms with Crippen molar-refractivity contribution in [3.63, 3.8) is 0 Å². The van der Waals surface area contributed by atoms with Gasteiger partial charge in [-0.15, -0.1) is 10.2 Å². The van der Waals surface area contributed by atoms with Crippen LogP contribution in [0.25, 0.3) is 0 Å². The van der Waals surface area contributed by atoms with Crippen LogP contribution in [0.15, 0.2) is 158 Å². The van der Waals surface area contributed by atoms with Crippen LogP contribution in [-0.2, 0) is 67.7 Å². The second-order valence-electron chi connectivity index (χ2n) is 28.7. The summed E-state index contributed by atoms with van der Waals surface area (Å²) in [6.45, 7) is 8.44. The number of aryl methyl sites for hydroxylation is 5. The zero-order valence-electron chi connectivity index (χ0n) is 59.1. The Labute approximate surface area is 591 Å². The summed E-state index contributed by atoms with van der Waals surface area (Å²) in [5.74, 6) is -1.48. The predicted molar refractivity (Wildman–Crippen MR) is 388 cm³/mol. The molecule has 12 atom stereocenters. The van der Waals surface area contributed by atoms with E-state index in [1.54, 1.807) is 18.9 Å². The number of rotatable bonds is 35. The van der Waals surface area contributed by atoms with E-state index in [4.69, 9.17) is 0 Å². The van der Waals surface area contributed by atoms with Gasteiger partial charge in [0.15, 0.2) is 5.78 Å². The van der Waals surface area contributed by atoms with Gasteiger partial charge in [0.25, 0.3) is 0 Å². The number of Topliss-reactive ketones (excluding diaryl/α,β-unsaturated/α-hetero) is 1. The Morgan fingerprint density at radius 3 is 1.58 bits per heavy atom. The molecule has 0 unspecified atom stereocenters. The molecule has 0 bridgehead atoms. The minimum Gasteiger partial charge on any atom is -0.344 e. The molecule has 4 fully saturated rings. The number of carbonyl (C=O) groups excluding carboxylic acids is 6. The van der Waals surface area contributed by atoms with Crippen molar-refractivity contribution in [2.45, 2.75) is 229 Å². The third-order valence-electron chi connectivity index (χ3n) is 21.9. The first kappa shape index (κ1) is 72.6. The minimum absolute atomic E-state index is 0.0100. The zero-order valence-corrected chi connectivity index (χ0v) is 59.1. The first-order valence-electron chi connectivity index (χ1n) is 37.3. The van der Waals surface area contributed by atoms with E-state index in [1.165, 1.54) is 22.3 Å². The fourth-order valence-corrected chi connectivity index (χ4v) is 15.7. The molecule has 5 N–H and O–H groups in total. The Hall–Kier alpha value is -8.68. The summed E-state index contributed by atoms with van der Waals surface area (Å²) in [5.41, 5.74) is 8.25. The molecule has 0 spiro atoms. The van der Waals surface area contributed by atoms with Crippen LogP contribution in [0.5, 0.6) is 0 Å².